The number of hydrogen-bond acceptors (Lipinski definition) is 5. The Morgan fingerprint density at radius 3 is 2.78 bits per heavy atom. The van der Waals surface area contributed by atoms with Gasteiger partial charge in [-0.2, -0.15) is 0 Å². The molecule has 0 aliphatic carbocycles. The summed E-state index contributed by atoms with van der Waals surface area (Å²) in [5, 5.41) is 14.5. The van der Waals surface area contributed by atoms with Gasteiger partial charge < -0.3 is 15.5 Å². The number of hydrogen-bond donors (Lipinski definition) is 2. The van der Waals surface area contributed by atoms with E-state index < -0.39 is 0 Å². The van der Waals surface area contributed by atoms with Crippen LogP contribution < -0.4 is 10.6 Å². The van der Waals surface area contributed by atoms with Crippen LogP contribution in [0.4, 0.5) is 0 Å². The number of piperidine rings is 2. The van der Waals surface area contributed by atoms with Gasteiger partial charge >= 0.3 is 0 Å². The second-order valence-corrected chi connectivity index (χ2v) is 6.85. The quantitative estimate of drug-likeness (QED) is 0.834. The molecule has 2 N–H and O–H groups in total. The fraction of sp³-hybridized carbons (Fsp3) is 0.812. The summed E-state index contributed by atoms with van der Waals surface area (Å²) in [5.74, 6) is 0.724. The maximum absolute atomic E-state index is 12.2. The van der Waals surface area contributed by atoms with Crippen molar-refractivity contribution in [2.75, 3.05) is 39.3 Å². The topological polar surface area (TPSA) is 75.1 Å². The first-order valence-electron chi connectivity index (χ1n) is 8.85. The lowest BCUT2D eigenvalue weighted by Gasteiger charge is -2.30. The molecule has 2 fully saturated rings. The van der Waals surface area contributed by atoms with E-state index in [1.54, 1.807) is 6.20 Å². The number of nitrogens with zero attached hydrogens (tertiary/aromatic N) is 4. The highest BCUT2D eigenvalue weighted by Crippen LogP contribution is 2.17. The van der Waals surface area contributed by atoms with Crippen molar-refractivity contribution in [3.8, 4) is 0 Å². The molecule has 0 aromatic carbocycles. The molecule has 7 heteroatoms. The third-order valence-electron chi connectivity index (χ3n) is 5.02. The zero-order valence-electron chi connectivity index (χ0n) is 14.0. The summed E-state index contributed by atoms with van der Waals surface area (Å²) in [5.41, 5.74) is 0.427. The normalized spacial score (nSPS) is 21.4. The Balaban J connectivity index is 1.42. The summed E-state index contributed by atoms with van der Waals surface area (Å²) < 4.78 is 1.85. The molecule has 0 bridgehead atoms. The van der Waals surface area contributed by atoms with Crippen molar-refractivity contribution in [3.05, 3.63) is 11.9 Å². The second-order valence-electron chi connectivity index (χ2n) is 6.85. The van der Waals surface area contributed by atoms with Gasteiger partial charge in [-0.25, -0.2) is 4.68 Å². The highest BCUT2D eigenvalue weighted by atomic mass is 16.2. The van der Waals surface area contributed by atoms with Crippen LogP contribution in [-0.2, 0) is 0 Å². The molecule has 3 heterocycles. The van der Waals surface area contributed by atoms with E-state index in [1.165, 1.54) is 12.8 Å². The standard InChI is InChI=1S/C16H28N6O/c1-13-4-9-21(10-5-13)11-8-18-16(23)15-12-22(20-19-15)14-2-6-17-7-3-14/h12-14,17H,2-11H2,1H3,(H,18,23). The molecule has 23 heavy (non-hydrogen) atoms. The van der Waals surface area contributed by atoms with Crippen molar-refractivity contribution in [2.24, 2.45) is 5.92 Å². The average molecular weight is 320 g/mol. The van der Waals surface area contributed by atoms with Gasteiger partial charge in [-0.1, -0.05) is 12.1 Å². The fourth-order valence-corrected chi connectivity index (χ4v) is 3.33. The lowest BCUT2D eigenvalue weighted by Crippen LogP contribution is -2.39. The number of amides is 1. The highest BCUT2D eigenvalue weighted by Gasteiger charge is 2.19. The molecule has 128 valence electrons. The van der Waals surface area contributed by atoms with Crippen LogP contribution in [0.3, 0.4) is 0 Å². The van der Waals surface area contributed by atoms with Crippen molar-refractivity contribution in [1.82, 2.24) is 30.5 Å². The Morgan fingerprint density at radius 1 is 1.30 bits per heavy atom. The van der Waals surface area contributed by atoms with E-state index in [4.69, 9.17) is 0 Å². The van der Waals surface area contributed by atoms with E-state index in [2.05, 4.69) is 32.8 Å². The first kappa shape index (κ1) is 16.4. The minimum Gasteiger partial charge on any atom is -0.349 e. The van der Waals surface area contributed by atoms with Crippen LogP contribution in [0.5, 0.6) is 0 Å². The average Bonchev–Trinajstić information content (AvgIpc) is 3.07. The first-order valence-corrected chi connectivity index (χ1v) is 8.85. The molecule has 2 aliphatic heterocycles. The van der Waals surface area contributed by atoms with Crippen molar-refractivity contribution in [1.29, 1.82) is 0 Å². The molecule has 0 spiro atoms. The van der Waals surface area contributed by atoms with Gasteiger partial charge in [0.1, 0.15) is 0 Å². The van der Waals surface area contributed by atoms with E-state index in [9.17, 15) is 4.79 Å². The number of aromatic nitrogens is 3. The molecule has 1 aromatic heterocycles. The van der Waals surface area contributed by atoms with Gasteiger partial charge in [0.05, 0.1) is 12.2 Å². The number of rotatable bonds is 5. The monoisotopic (exact) mass is 320 g/mol. The molecule has 0 radical (unpaired) electrons. The molecule has 0 unspecified atom stereocenters. The second kappa shape index (κ2) is 7.88. The Kier molecular flexibility index (Phi) is 5.61. The highest BCUT2D eigenvalue weighted by molar-refractivity contribution is 5.91. The predicted molar refractivity (Wildman–Crippen MR) is 88.3 cm³/mol. The Morgan fingerprint density at radius 2 is 2.04 bits per heavy atom. The molecule has 7 nitrogen and oxygen atoms in total. The van der Waals surface area contributed by atoms with E-state index >= 15 is 0 Å². The summed E-state index contributed by atoms with van der Waals surface area (Å²) in [6.07, 6.45) is 6.39. The summed E-state index contributed by atoms with van der Waals surface area (Å²) in [4.78, 5) is 14.6. The summed E-state index contributed by atoms with van der Waals surface area (Å²) in [7, 11) is 0. The smallest absolute Gasteiger partial charge is 0.273 e. The van der Waals surface area contributed by atoms with Crippen molar-refractivity contribution < 1.29 is 4.79 Å². The minimum atomic E-state index is -0.115. The SMILES string of the molecule is CC1CCN(CCNC(=O)c2cn(C3CCNCC3)nn2)CC1. The Bertz CT molecular complexity index is 502. The zero-order chi connectivity index (χ0) is 16.1. The number of likely N-dealkylation sites (tertiary alicyclic amines) is 1. The summed E-state index contributed by atoms with van der Waals surface area (Å²) in [6, 6.07) is 0.362. The molecule has 3 rings (SSSR count). The van der Waals surface area contributed by atoms with Gasteiger partial charge in [-0.3, -0.25) is 4.79 Å². The third-order valence-corrected chi connectivity index (χ3v) is 5.02. The third kappa shape index (κ3) is 4.51. The van der Waals surface area contributed by atoms with Gasteiger partial charge in [-0.05, 0) is 57.8 Å². The van der Waals surface area contributed by atoms with Gasteiger partial charge in [0.2, 0.25) is 0 Å². The summed E-state index contributed by atoms with van der Waals surface area (Å²) in [6.45, 7) is 8.19. The molecule has 0 atom stereocenters. The summed E-state index contributed by atoms with van der Waals surface area (Å²) >= 11 is 0. The molecule has 0 saturated carbocycles. The first-order chi connectivity index (χ1) is 11.2. The van der Waals surface area contributed by atoms with Crippen LogP contribution in [0.1, 0.15) is 49.1 Å². The predicted octanol–water partition coefficient (Wildman–Crippen LogP) is 0.664. The van der Waals surface area contributed by atoms with Crippen molar-refractivity contribution >= 4 is 5.91 Å². The molecule has 2 saturated heterocycles. The lowest BCUT2D eigenvalue weighted by atomic mass is 9.99. The van der Waals surface area contributed by atoms with E-state index in [1.807, 2.05) is 4.68 Å². The minimum absolute atomic E-state index is 0.115. The van der Waals surface area contributed by atoms with E-state index in [0.29, 0.717) is 18.3 Å². The van der Waals surface area contributed by atoms with Crippen LogP contribution in [0.15, 0.2) is 6.20 Å². The van der Waals surface area contributed by atoms with Crippen molar-refractivity contribution in [3.63, 3.8) is 0 Å². The van der Waals surface area contributed by atoms with Crippen molar-refractivity contribution in [2.45, 2.75) is 38.6 Å². The van der Waals surface area contributed by atoms with Crippen LogP contribution in [0, 0.1) is 5.92 Å². The van der Waals surface area contributed by atoms with Gasteiger partial charge in [0.15, 0.2) is 5.69 Å². The van der Waals surface area contributed by atoms with Crippen LogP contribution in [-0.4, -0.2) is 65.1 Å². The molecule has 1 aromatic rings. The molecule has 1 amide bonds. The van der Waals surface area contributed by atoms with Gasteiger partial charge in [0.25, 0.3) is 5.91 Å². The number of nitrogens with one attached hydrogen (secondary N) is 2. The Labute approximate surface area is 137 Å². The zero-order valence-corrected chi connectivity index (χ0v) is 14.0. The van der Waals surface area contributed by atoms with E-state index in [-0.39, 0.29) is 5.91 Å². The number of carbonyl (C=O) groups excluding carboxylic acids is 1. The van der Waals surface area contributed by atoms with Gasteiger partial charge in [-0.15, -0.1) is 5.10 Å². The van der Waals surface area contributed by atoms with Crippen LogP contribution in [0.2, 0.25) is 0 Å². The Hall–Kier alpha value is -1.47. The maximum atomic E-state index is 12.2. The largest absolute Gasteiger partial charge is 0.349 e. The van der Waals surface area contributed by atoms with Gasteiger partial charge in [0, 0.05) is 13.1 Å². The fourth-order valence-electron chi connectivity index (χ4n) is 3.33. The molecular formula is C16H28N6O. The molecule has 2 aliphatic rings. The van der Waals surface area contributed by atoms with Crippen LogP contribution in [0.25, 0.3) is 0 Å². The van der Waals surface area contributed by atoms with Crippen LogP contribution >= 0.6 is 0 Å². The van der Waals surface area contributed by atoms with E-state index in [0.717, 1.165) is 51.5 Å². The maximum Gasteiger partial charge on any atom is 0.273 e. The lowest BCUT2D eigenvalue weighted by molar-refractivity contribution is 0.0939. The number of carbonyl (C=O) groups is 1. The molecular weight excluding hydrogens is 292 g/mol.